The van der Waals surface area contributed by atoms with E-state index >= 15 is 0 Å². The maximum Gasteiger partial charge on any atom is 0.0659 e. The fourth-order valence-corrected chi connectivity index (χ4v) is 4.57. The molecule has 1 N–H and O–H groups in total. The van der Waals surface area contributed by atoms with E-state index in [1.807, 2.05) is 0 Å². The lowest BCUT2D eigenvalue weighted by Gasteiger charge is -2.30. The van der Waals surface area contributed by atoms with Crippen molar-refractivity contribution in [2.45, 2.75) is 64.2 Å². The molecule has 0 aliphatic heterocycles. The average molecular weight is 332 g/mol. The molecule has 0 spiro atoms. The summed E-state index contributed by atoms with van der Waals surface area (Å²) in [5.41, 5.74) is 0. The molecule has 0 radical (unpaired) electrons. The first-order valence-corrected chi connectivity index (χ1v) is 9.91. The summed E-state index contributed by atoms with van der Waals surface area (Å²) in [6.07, 6.45) is 11.2. The predicted molar refractivity (Wildman–Crippen MR) is 94.9 cm³/mol. The lowest BCUT2D eigenvalue weighted by atomic mass is 9.94. The van der Waals surface area contributed by atoms with Crippen LogP contribution in [0.1, 0.15) is 64.2 Å². The van der Waals surface area contributed by atoms with Crippen LogP contribution in [0.4, 0.5) is 0 Å². The standard InChI is InChI=1S/C20H33N3O/c21-13-17-7-5-9-19(17)15-23(11-3-1-2-4-12-24)16-20-10-6-8-18(20)14-22/h17-20,24H,1-12,15-16H2/t17?,18?,19-,20+. The van der Waals surface area contributed by atoms with Gasteiger partial charge >= 0.3 is 0 Å². The van der Waals surface area contributed by atoms with E-state index in [1.165, 1.54) is 25.7 Å². The van der Waals surface area contributed by atoms with Gasteiger partial charge in [-0.3, -0.25) is 0 Å². The average Bonchev–Trinajstić information content (AvgIpc) is 3.23. The molecule has 134 valence electrons. The summed E-state index contributed by atoms with van der Waals surface area (Å²) in [4.78, 5) is 2.56. The topological polar surface area (TPSA) is 71.1 Å². The second kappa shape index (κ2) is 10.7. The number of unbranched alkanes of at least 4 members (excludes halogenated alkanes) is 3. The number of nitrogens with zero attached hydrogens (tertiary/aromatic N) is 3. The lowest BCUT2D eigenvalue weighted by Crippen LogP contribution is -2.36. The van der Waals surface area contributed by atoms with Gasteiger partial charge < -0.3 is 10.0 Å². The first-order valence-electron chi connectivity index (χ1n) is 9.91. The van der Waals surface area contributed by atoms with E-state index in [4.69, 9.17) is 5.11 Å². The Morgan fingerprint density at radius 1 is 0.792 bits per heavy atom. The maximum atomic E-state index is 9.35. The second-order valence-electron chi connectivity index (χ2n) is 7.75. The van der Waals surface area contributed by atoms with E-state index in [0.29, 0.717) is 18.4 Å². The van der Waals surface area contributed by atoms with Gasteiger partial charge in [-0.2, -0.15) is 10.5 Å². The molecule has 0 aromatic rings. The van der Waals surface area contributed by atoms with Gasteiger partial charge in [-0.25, -0.2) is 0 Å². The molecule has 2 rings (SSSR count). The molecule has 4 nitrogen and oxygen atoms in total. The number of hydrogen-bond donors (Lipinski definition) is 1. The zero-order chi connectivity index (χ0) is 17.2. The summed E-state index contributed by atoms with van der Waals surface area (Å²) in [6, 6.07) is 5.02. The van der Waals surface area contributed by atoms with Gasteiger partial charge in [0.15, 0.2) is 0 Å². The summed E-state index contributed by atoms with van der Waals surface area (Å²) < 4.78 is 0. The van der Waals surface area contributed by atoms with Gasteiger partial charge in [-0.15, -0.1) is 0 Å². The van der Waals surface area contributed by atoms with E-state index in [-0.39, 0.29) is 11.8 Å². The molecule has 2 fully saturated rings. The molecule has 2 aliphatic carbocycles. The number of hydrogen-bond acceptors (Lipinski definition) is 4. The van der Waals surface area contributed by atoms with Crippen LogP contribution in [0.3, 0.4) is 0 Å². The maximum absolute atomic E-state index is 9.35. The van der Waals surface area contributed by atoms with E-state index in [1.54, 1.807) is 0 Å². The SMILES string of the molecule is N#CC1CCC[C@@H]1CN(CCCCCCO)C[C@@H]1CCCC1C#N. The van der Waals surface area contributed by atoms with Gasteiger partial charge in [-0.1, -0.05) is 25.7 Å². The number of aliphatic hydroxyl groups excluding tert-OH is 1. The van der Waals surface area contributed by atoms with Crippen molar-refractivity contribution in [3.05, 3.63) is 0 Å². The zero-order valence-corrected chi connectivity index (χ0v) is 15.0. The van der Waals surface area contributed by atoms with Crippen LogP contribution in [0, 0.1) is 46.3 Å². The normalized spacial score (nSPS) is 29.7. The third kappa shape index (κ3) is 5.76. The Kier molecular flexibility index (Phi) is 8.57. The Morgan fingerprint density at radius 3 is 1.83 bits per heavy atom. The highest BCUT2D eigenvalue weighted by Gasteiger charge is 2.32. The van der Waals surface area contributed by atoms with Crippen molar-refractivity contribution >= 4 is 0 Å². The molecule has 0 heterocycles. The Balaban J connectivity index is 1.85. The zero-order valence-electron chi connectivity index (χ0n) is 15.0. The van der Waals surface area contributed by atoms with Crippen molar-refractivity contribution in [1.82, 2.24) is 4.90 Å². The molecule has 0 bridgehead atoms. The third-order valence-corrected chi connectivity index (χ3v) is 6.02. The highest BCUT2D eigenvalue weighted by Crippen LogP contribution is 2.34. The molecule has 0 amide bonds. The summed E-state index contributed by atoms with van der Waals surface area (Å²) in [5.74, 6) is 1.51. The minimum Gasteiger partial charge on any atom is -0.396 e. The second-order valence-corrected chi connectivity index (χ2v) is 7.75. The van der Waals surface area contributed by atoms with Gasteiger partial charge in [0.25, 0.3) is 0 Å². The van der Waals surface area contributed by atoms with Crippen LogP contribution in [0.15, 0.2) is 0 Å². The van der Waals surface area contributed by atoms with Crippen molar-refractivity contribution in [2.75, 3.05) is 26.2 Å². The fourth-order valence-electron chi connectivity index (χ4n) is 4.57. The van der Waals surface area contributed by atoms with Crippen LogP contribution >= 0.6 is 0 Å². The van der Waals surface area contributed by atoms with Gasteiger partial charge in [0.2, 0.25) is 0 Å². The molecule has 4 atom stereocenters. The Bertz CT molecular complexity index is 405. The fraction of sp³-hybridized carbons (Fsp3) is 0.900. The van der Waals surface area contributed by atoms with Crippen molar-refractivity contribution in [3.63, 3.8) is 0 Å². The summed E-state index contributed by atoms with van der Waals surface area (Å²) >= 11 is 0. The Labute approximate surface area is 147 Å². The van der Waals surface area contributed by atoms with E-state index in [2.05, 4.69) is 17.0 Å². The largest absolute Gasteiger partial charge is 0.396 e. The summed E-state index contributed by atoms with van der Waals surface area (Å²) in [5, 5.41) is 27.6. The molecule has 4 heteroatoms. The van der Waals surface area contributed by atoms with Gasteiger partial charge in [0, 0.05) is 19.7 Å². The molecule has 2 saturated carbocycles. The van der Waals surface area contributed by atoms with Crippen molar-refractivity contribution in [2.24, 2.45) is 23.7 Å². The summed E-state index contributed by atoms with van der Waals surface area (Å²) in [7, 11) is 0. The minimum atomic E-state index is 0.234. The van der Waals surface area contributed by atoms with Crippen LogP contribution < -0.4 is 0 Å². The Morgan fingerprint density at radius 2 is 1.33 bits per heavy atom. The highest BCUT2D eigenvalue weighted by molar-refractivity contribution is 4.96. The Hall–Kier alpha value is -1.10. The number of aliphatic hydroxyl groups is 1. The number of rotatable bonds is 10. The van der Waals surface area contributed by atoms with Crippen LogP contribution in [0.25, 0.3) is 0 Å². The van der Waals surface area contributed by atoms with E-state index in [9.17, 15) is 10.5 Å². The first kappa shape index (κ1) is 19.2. The predicted octanol–water partition coefficient (Wildman–Crippen LogP) is 3.72. The first-order chi connectivity index (χ1) is 11.8. The van der Waals surface area contributed by atoms with Crippen molar-refractivity contribution in [1.29, 1.82) is 10.5 Å². The quantitative estimate of drug-likeness (QED) is 0.619. The molecule has 0 saturated heterocycles. The molecule has 2 aliphatic rings. The van der Waals surface area contributed by atoms with Crippen LogP contribution in [-0.4, -0.2) is 36.2 Å². The van der Waals surface area contributed by atoms with Crippen LogP contribution in [0.5, 0.6) is 0 Å². The smallest absolute Gasteiger partial charge is 0.0659 e. The highest BCUT2D eigenvalue weighted by atomic mass is 16.2. The molecule has 24 heavy (non-hydrogen) atoms. The number of nitriles is 2. The molecular weight excluding hydrogens is 298 g/mol. The molecule has 0 aromatic heterocycles. The van der Waals surface area contributed by atoms with Gasteiger partial charge in [0.05, 0.1) is 24.0 Å². The van der Waals surface area contributed by atoms with Crippen LogP contribution in [-0.2, 0) is 0 Å². The van der Waals surface area contributed by atoms with Gasteiger partial charge in [-0.05, 0) is 56.9 Å². The summed E-state index contributed by atoms with van der Waals surface area (Å²) in [6.45, 7) is 3.44. The van der Waals surface area contributed by atoms with E-state index < -0.39 is 0 Å². The molecule has 0 aromatic carbocycles. The third-order valence-electron chi connectivity index (χ3n) is 6.02. The van der Waals surface area contributed by atoms with Crippen molar-refractivity contribution in [3.8, 4) is 12.1 Å². The van der Waals surface area contributed by atoms with E-state index in [0.717, 1.165) is 58.2 Å². The minimum absolute atomic E-state index is 0.234. The lowest BCUT2D eigenvalue weighted by molar-refractivity contribution is 0.176. The van der Waals surface area contributed by atoms with Crippen molar-refractivity contribution < 1.29 is 5.11 Å². The molecule has 2 unspecified atom stereocenters. The monoisotopic (exact) mass is 331 g/mol. The van der Waals surface area contributed by atoms with Crippen LogP contribution in [0.2, 0.25) is 0 Å². The molecular formula is C20H33N3O. The van der Waals surface area contributed by atoms with Gasteiger partial charge in [0.1, 0.15) is 0 Å².